The van der Waals surface area contributed by atoms with Gasteiger partial charge >= 0.3 is 5.69 Å². The van der Waals surface area contributed by atoms with Crippen LogP contribution in [0, 0.1) is 10.1 Å². The average Bonchev–Trinajstić information content (AvgIpc) is 2.74. The molecule has 0 radical (unpaired) electrons. The van der Waals surface area contributed by atoms with E-state index in [0.717, 1.165) is 10.9 Å². The van der Waals surface area contributed by atoms with Crippen LogP contribution in [0.25, 0.3) is 0 Å². The molecule has 1 amide bonds. The van der Waals surface area contributed by atoms with Gasteiger partial charge in [-0.15, -0.1) is 0 Å². The average molecular weight is 282 g/mol. The Bertz CT molecular complexity index is 654. The van der Waals surface area contributed by atoms with Crippen LogP contribution in [0.3, 0.4) is 0 Å². The van der Waals surface area contributed by atoms with Gasteiger partial charge in [-0.3, -0.25) is 19.6 Å². The molecule has 0 aliphatic carbocycles. The molecule has 0 saturated carbocycles. The van der Waals surface area contributed by atoms with Gasteiger partial charge in [0.25, 0.3) is 5.91 Å². The largest absolute Gasteiger partial charge is 0.320 e. The first kappa shape index (κ1) is 13.0. The summed E-state index contributed by atoms with van der Waals surface area (Å²) in [5.41, 5.74) is -0.269. The molecule has 1 N–H and O–H groups in total. The molecule has 2 aromatic rings. The summed E-state index contributed by atoms with van der Waals surface area (Å²) < 4.78 is 1.12. The van der Waals surface area contributed by atoms with E-state index in [1.54, 1.807) is 6.07 Å². The Labute approximate surface area is 112 Å². The summed E-state index contributed by atoms with van der Waals surface area (Å²) in [4.78, 5) is 25.9. The van der Waals surface area contributed by atoms with E-state index in [0.29, 0.717) is 0 Å². The van der Waals surface area contributed by atoms with Crippen LogP contribution in [-0.2, 0) is 7.05 Å². The number of nitrogens with one attached hydrogen (secondary N) is 1. The first-order valence-electron chi connectivity index (χ1n) is 5.09. The van der Waals surface area contributed by atoms with Gasteiger partial charge < -0.3 is 5.32 Å². The molecule has 2 heterocycles. The molecule has 98 valence electrons. The molecule has 0 bridgehead atoms. The molecule has 0 aliphatic heterocycles. The van der Waals surface area contributed by atoms with Crippen molar-refractivity contribution in [3.8, 4) is 0 Å². The maximum absolute atomic E-state index is 12.0. The number of nitrogens with zero attached hydrogens (tertiary/aromatic N) is 4. The third kappa shape index (κ3) is 2.52. The van der Waals surface area contributed by atoms with Crippen molar-refractivity contribution >= 4 is 28.9 Å². The van der Waals surface area contributed by atoms with Crippen LogP contribution in [-0.4, -0.2) is 25.6 Å². The van der Waals surface area contributed by atoms with Crippen molar-refractivity contribution in [2.75, 3.05) is 5.32 Å². The number of carbonyl (C=O) groups excluding carboxylic acids is 1. The van der Waals surface area contributed by atoms with E-state index in [-0.39, 0.29) is 22.2 Å². The molecule has 19 heavy (non-hydrogen) atoms. The van der Waals surface area contributed by atoms with Crippen molar-refractivity contribution < 1.29 is 9.72 Å². The van der Waals surface area contributed by atoms with Crippen LogP contribution in [0.4, 0.5) is 11.4 Å². The number of rotatable bonds is 3. The molecular formula is C10H8ClN5O3. The molecule has 2 rings (SSSR count). The van der Waals surface area contributed by atoms with Gasteiger partial charge in [0.1, 0.15) is 6.20 Å². The van der Waals surface area contributed by atoms with E-state index >= 15 is 0 Å². The number of anilines is 1. The predicted molar refractivity (Wildman–Crippen MR) is 67.1 cm³/mol. The number of hydrogen-bond donors (Lipinski definition) is 1. The number of hydrogen-bond acceptors (Lipinski definition) is 5. The Morgan fingerprint density at radius 1 is 1.58 bits per heavy atom. The van der Waals surface area contributed by atoms with Crippen LogP contribution in [0.2, 0.25) is 5.15 Å². The van der Waals surface area contributed by atoms with Crippen molar-refractivity contribution in [2.45, 2.75) is 0 Å². The molecular weight excluding hydrogens is 274 g/mol. The molecule has 2 aromatic heterocycles. The van der Waals surface area contributed by atoms with E-state index in [1.165, 1.54) is 19.3 Å². The Balaban J connectivity index is 2.33. The minimum atomic E-state index is -0.679. The van der Waals surface area contributed by atoms with Crippen molar-refractivity contribution in [1.82, 2.24) is 14.8 Å². The highest BCUT2D eigenvalue weighted by Gasteiger charge is 2.25. The summed E-state index contributed by atoms with van der Waals surface area (Å²) in [6, 6.07) is 3.12. The highest BCUT2D eigenvalue weighted by molar-refractivity contribution is 6.32. The van der Waals surface area contributed by atoms with Crippen molar-refractivity contribution in [3.63, 3.8) is 0 Å². The highest BCUT2D eigenvalue weighted by Crippen LogP contribution is 2.21. The SMILES string of the molecule is Cn1ncc([N+](=O)[O-])c1C(=O)Nc1cccnc1Cl. The van der Waals surface area contributed by atoms with Crippen LogP contribution in [0.5, 0.6) is 0 Å². The monoisotopic (exact) mass is 281 g/mol. The number of pyridine rings is 1. The van der Waals surface area contributed by atoms with Gasteiger partial charge in [0.15, 0.2) is 5.15 Å². The smallest absolute Gasteiger partial charge is 0.318 e. The zero-order valence-electron chi connectivity index (χ0n) is 9.70. The van der Waals surface area contributed by atoms with Gasteiger partial charge in [0, 0.05) is 13.2 Å². The molecule has 8 nitrogen and oxygen atoms in total. The van der Waals surface area contributed by atoms with E-state index in [4.69, 9.17) is 11.6 Å². The molecule has 0 saturated heterocycles. The third-order valence-corrected chi connectivity index (χ3v) is 2.64. The maximum Gasteiger partial charge on any atom is 0.320 e. The molecule has 0 fully saturated rings. The van der Waals surface area contributed by atoms with E-state index in [1.807, 2.05) is 0 Å². The predicted octanol–water partition coefficient (Wildman–Crippen LogP) is 1.63. The zero-order valence-corrected chi connectivity index (χ0v) is 10.5. The molecule has 0 aliphatic rings. The summed E-state index contributed by atoms with van der Waals surface area (Å²) in [6.07, 6.45) is 2.48. The molecule has 0 unspecified atom stereocenters. The molecule has 9 heteroatoms. The fraction of sp³-hybridized carbons (Fsp3) is 0.100. The van der Waals surface area contributed by atoms with Crippen LogP contribution < -0.4 is 5.32 Å². The van der Waals surface area contributed by atoms with Crippen LogP contribution in [0.15, 0.2) is 24.5 Å². The summed E-state index contributed by atoms with van der Waals surface area (Å²) in [5.74, 6) is -0.679. The van der Waals surface area contributed by atoms with E-state index < -0.39 is 10.8 Å². The van der Waals surface area contributed by atoms with Crippen molar-refractivity contribution in [2.24, 2.45) is 7.05 Å². The Hall–Kier alpha value is -2.48. The van der Waals surface area contributed by atoms with Crippen molar-refractivity contribution in [3.05, 3.63) is 45.5 Å². The number of halogens is 1. The fourth-order valence-corrected chi connectivity index (χ4v) is 1.65. The lowest BCUT2D eigenvalue weighted by atomic mass is 10.3. The normalized spacial score (nSPS) is 10.2. The number of carbonyl (C=O) groups is 1. The first-order valence-corrected chi connectivity index (χ1v) is 5.46. The first-order chi connectivity index (χ1) is 9.00. The summed E-state index contributed by atoms with van der Waals surface area (Å²) in [7, 11) is 1.44. The van der Waals surface area contributed by atoms with Crippen LogP contribution >= 0.6 is 11.6 Å². The molecule has 0 atom stereocenters. The van der Waals surface area contributed by atoms with E-state index in [9.17, 15) is 14.9 Å². The second-order valence-electron chi connectivity index (χ2n) is 3.56. The third-order valence-electron chi connectivity index (χ3n) is 2.34. The quantitative estimate of drug-likeness (QED) is 0.523. The van der Waals surface area contributed by atoms with Gasteiger partial charge in [-0.2, -0.15) is 5.10 Å². The lowest BCUT2D eigenvalue weighted by molar-refractivity contribution is -0.385. The minimum absolute atomic E-state index is 0.0978. The lowest BCUT2D eigenvalue weighted by Crippen LogP contribution is -2.18. The second-order valence-corrected chi connectivity index (χ2v) is 3.91. The van der Waals surface area contributed by atoms with Crippen LogP contribution in [0.1, 0.15) is 10.5 Å². The fourth-order valence-electron chi connectivity index (χ4n) is 1.48. The standard InChI is InChI=1S/C10H8ClN5O3/c1-15-8(7(5-13-15)16(18)19)10(17)14-6-3-2-4-12-9(6)11/h2-5H,1H3,(H,14,17). The lowest BCUT2D eigenvalue weighted by Gasteiger charge is -2.05. The van der Waals surface area contributed by atoms with Gasteiger partial charge in [0.2, 0.25) is 5.69 Å². The van der Waals surface area contributed by atoms with E-state index in [2.05, 4.69) is 15.4 Å². The number of aryl methyl sites for hydroxylation is 1. The zero-order chi connectivity index (χ0) is 14.0. The number of nitro groups is 1. The van der Waals surface area contributed by atoms with Gasteiger partial charge in [-0.1, -0.05) is 11.6 Å². The Morgan fingerprint density at radius 3 is 2.95 bits per heavy atom. The highest BCUT2D eigenvalue weighted by atomic mass is 35.5. The molecule has 0 spiro atoms. The van der Waals surface area contributed by atoms with Gasteiger partial charge in [-0.25, -0.2) is 4.98 Å². The number of aromatic nitrogens is 3. The number of amides is 1. The van der Waals surface area contributed by atoms with Gasteiger partial charge in [0.05, 0.1) is 10.6 Å². The summed E-state index contributed by atoms with van der Waals surface area (Å²) in [5, 5.41) is 17.0. The topological polar surface area (TPSA) is 103 Å². The summed E-state index contributed by atoms with van der Waals surface area (Å²) >= 11 is 5.79. The molecule has 0 aromatic carbocycles. The maximum atomic E-state index is 12.0. The van der Waals surface area contributed by atoms with Gasteiger partial charge in [-0.05, 0) is 12.1 Å². The summed E-state index contributed by atoms with van der Waals surface area (Å²) in [6.45, 7) is 0. The Kier molecular flexibility index (Phi) is 3.43. The Morgan fingerprint density at radius 2 is 2.32 bits per heavy atom. The minimum Gasteiger partial charge on any atom is -0.318 e. The second kappa shape index (κ2) is 5.02. The van der Waals surface area contributed by atoms with Crippen molar-refractivity contribution in [1.29, 1.82) is 0 Å².